The van der Waals surface area contributed by atoms with Crippen LogP contribution in [0.15, 0.2) is 65.7 Å². The standard InChI is InChI=1S/C20H17F3N4O2S/c1-2-26-12-16(15-5-3-4-6-17(15)26)18-11-19(20(21,22)23)25-27(18)13-7-9-14(10-8-13)30(24,28)29/h3-12H,2H2,1H3,(H2,24,28,29). The first-order valence-electron chi connectivity index (χ1n) is 8.98. The predicted octanol–water partition coefficient (Wildman–Crippen LogP) is 4.18. The number of rotatable bonds is 4. The van der Waals surface area contributed by atoms with Gasteiger partial charge in [-0.1, -0.05) is 18.2 Å². The molecule has 2 N–H and O–H groups in total. The Hall–Kier alpha value is -3.11. The van der Waals surface area contributed by atoms with Crippen LogP contribution in [0.5, 0.6) is 0 Å². The van der Waals surface area contributed by atoms with Crippen LogP contribution < -0.4 is 5.14 Å². The lowest BCUT2D eigenvalue weighted by Crippen LogP contribution is -2.12. The Morgan fingerprint density at radius 1 is 1.07 bits per heavy atom. The molecule has 0 atom stereocenters. The number of nitrogens with two attached hydrogens (primary N) is 1. The Morgan fingerprint density at radius 3 is 2.33 bits per heavy atom. The largest absolute Gasteiger partial charge is 0.435 e. The molecule has 4 rings (SSSR count). The summed E-state index contributed by atoms with van der Waals surface area (Å²) in [6.07, 6.45) is -2.85. The van der Waals surface area contributed by atoms with E-state index in [9.17, 15) is 21.6 Å². The number of benzene rings is 2. The molecule has 0 aliphatic heterocycles. The van der Waals surface area contributed by atoms with Crippen LogP contribution in [0.25, 0.3) is 27.8 Å². The highest BCUT2D eigenvalue weighted by Gasteiger charge is 2.35. The fraction of sp³-hybridized carbons (Fsp3) is 0.150. The third kappa shape index (κ3) is 3.48. The van der Waals surface area contributed by atoms with Crippen LogP contribution in [-0.4, -0.2) is 22.8 Å². The summed E-state index contributed by atoms with van der Waals surface area (Å²) >= 11 is 0. The molecule has 0 radical (unpaired) electrons. The van der Waals surface area contributed by atoms with Gasteiger partial charge < -0.3 is 4.57 Å². The zero-order valence-corrected chi connectivity index (χ0v) is 16.6. The monoisotopic (exact) mass is 434 g/mol. The van der Waals surface area contributed by atoms with Gasteiger partial charge in [0.2, 0.25) is 10.0 Å². The first-order valence-corrected chi connectivity index (χ1v) is 10.5. The van der Waals surface area contributed by atoms with E-state index in [4.69, 9.17) is 5.14 Å². The molecule has 0 saturated carbocycles. The van der Waals surface area contributed by atoms with Crippen LogP contribution in [-0.2, 0) is 22.7 Å². The van der Waals surface area contributed by atoms with E-state index in [1.54, 1.807) is 6.20 Å². The van der Waals surface area contributed by atoms with Gasteiger partial charge in [-0.2, -0.15) is 18.3 Å². The number of para-hydroxylation sites is 1. The van der Waals surface area contributed by atoms with Crippen LogP contribution in [0.3, 0.4) is 0 Å². The number of aromatic nitrogens is 3. The maximum atomic E-state index is 13.4. The molecule has 0 unspecified atom stereocenters. The van der Waals surface area contributed by atoms with Gasteiger partial charge in [0.1, 0.15) is 0 Å². The number of hydrogen-bond donors (Lipinski definition) is 1. The van der Waals surface area contributed by atoms with Crippen LogP contribution in [0.1, 0.15) is 12.6 Å². The van der Waals surface area contributed by atoms with Crippen molar-refractivity contribution >= 4 is 20.9 Å². The number of fused-ring (bicyclic) bond motifs is 1. The molecule has 0 bridgehead atoms. The average molecular weight is 434 g/mol. The van der Waals surface area contributed by atoms with Crippen LogP contribution in [0, 0.1) is 0 Å². The zero-order chi connectivity index (χ0) is 21.7. The number of hydrogen-bond acceptors (Lipinski definition) is 3. The summed E-state index contributed by atoms with van der Waals surface area (Å²) in [7, 11) is -3.92. The molecule has 0 spiro atoms. The van der Waals surface area contributed by atoms with Gasteiger partial charge in [0.05, 0.1) is 16.3 Å². The van der Waals surface area contributed by atoms with E-state index < -0.39 is 21.9 Å². The van der Waals surface area contributed by atoms with Crippen molar-refractivity contribution in [1.82, 2.24) is 14.3 Å². The van der Waals surface area contributed by atoms with Gasteiger partial charge >= 0.3 is 6.18 Å². The SMILES string of the molecule is CCn1cc(-c2cc(C(F)(F)F)nn2-c2ccc(S(N)(=O)=O)cc2)c2ccccc21. The van der Waals surface area contributed by atoms with Crippen molar-refractivity contribution in [1.29, 1.82) is 0 Å². The van der Waals surface area contributed by atoms with Crippen molar-refractivity contribution in [2.24, 2.45) is 5.14 Å². The number of alkyl halides is 3. The summed E-state index contributed by atoms with van der Waals surface area (Å²) in [5.41, 5.74) is 0.962. The molecule has 0 amide bonds. The van der Waals surface area contributed by atoms with E-state index >= 15 is 0 Å². The third-order valence-corrected chi connectivity index (χ3v) is 5.74. The summed E-state index contributed by atoms with van der Waals surface area (Å²) < 4.78 is 66.4. The minimum atomic E-state index is -4.64. The molecule has 0 aliphatic carbocycles. The Bertz CT molecular complexity index is 1340. The van der Waals surface area contributed by atoms with Crippen LogP contribution in [0.2, 0.25) is 0 Å². The molecule has 6 nitrogen and oxygen atoms in total. The zero-order valence-electron chi connectivity index (χ0n) is 15.8. The number of aryl methyl sites for hydroxylation is 1. The summed E-state index contributed by atoms with van der Waals surface area (Å²) in [5, 5.41) is 9.66. The van der Waals surface area contributed by atoms with Gasteiger partial charge in [-0.15, -0.1) is 0 Å². The molecule has 10 heteroatoms. The second kappa shape index (κ2) is 6.99. The van der Waals surface area contributed by atoms with E-state index in [-0.39, 0.29) is 16.3 Å². The van der Waals surface area contributed by atoms with Gasteiger partial charge in [-0.3, -0.25) is 0 Å². The Morgan fingerprint density at radius 2 is 1.73 bits per heavy atom. The molecule has 2 aromatic heterocycles. The molecular weight excluding hydrogens is 417 g/mol. The van der Waals surface area contributed by atoms with Gasteiger partial charge in [-0.05, 0) is 43.3 Å². The van der Waals surface area contributed by atoms with Gasteiger partial charge in [0.25, 0.3) is 0 Å². The molecule has 30 heavy (non-hydrogen) atoms. The lowest BCUT2D eigenvalue weighted by atomic mass is 10.1. The Balaban J connectivity index is 1.96. The lowest BCUT2D eigenvalue weighted by molar-refractivity contribution is -0.141. The predicted molar refractivity (Wildman–Crippen MR) is 107 cm³/mol. The van der Waals surface area contributed by atoms with Crippen LogP contribution >= 0.6 is 0 Å². The second-order valence-corrected chi connectivity index (χ2v) is 8.27. The smallest absolute Gasteiger partial charge is 0.347 e. The first kappa shape index (κ1) is 20.2. The maximum absolute atomic E-state index is 13.4. The topological polar surface area (TPSA) is 82.9 Å². The van der Waals surface area contributed by atoms with Crippen molar-refractivity contribution in [2.75, 3.05) is 0 Å². The summed E-state index contributed by atoms with van der Waals surface area (Å²) in [4.78, 5) is -0.140. The number of halogens is 3. The second-order valence-electron chi connectivity index (χ2n) is 6.71. The Labute approximate surface area is 170 Å². The first-order chi connectivity index (χ1) is 14.1. The van der Waals surface area contributed by atoms with Gasteiger partial charge in [-0.25, -0.2) is 18.2 Å². The quantitative estimate of drug-likeness (QED) is 0.523. The lowest BCUT2D eigenvalue weighted by Gasteiger charge is -2.08. The minimum Gasteiger partial charge on any atom is -0.347 e. The minimum absolute atomic E-state index is 0.140. The van der Waals surface area contributed by atoms with Crippen molar-refractivity contribution in [3.63, 3.8) is 0 Å². The normalized spacial score (nSPS) is 12.6. The molecular formula is C20H17F3N4O2S. The third-order valence-electron chi connectivity index (χ3n) is 4.81. The number of nitrogens with zero attached hydrogens (tertiary/aromatic N) is 3. The van der Waals surface area contributed by atoms with E-state index in [2.05, 4.69) is 5.10 Å². The molecule has 2 heterocycles. The van der Waals surface area contributed by atoms with Crippen molar-refractivity contribution in [2.45, 2.75) is 24.5 Å². The summed E-state index contributed by atoms with van der Waals surface area (Å²) in [5.74, 6) is 0. The Kier molecular flexibility index (Phi) is 4.70. The van der Waals surface area contributed by atoms with E-state index in [1.165, 1.54) is 24.3 Å². The van der Waals surface area contributed by atoms with Crippen molar-refractivity contribution < 1.29 is 21.6 Å². The fourth-order valence-corrected chi connectivity index (χ4v) is 3.91. The molecule has 0 fully saturated rings. The molecule has 2 aromatic carbocycles. The molecule has 4 aromatic rings. The highest BCUT2D eigenvalue weighted by Crippen LogP contribution is 2.36. The van der Waals surface area contributed by atoms with Crippen molar-refractivity contribution in [3.8, 4) is 16.9 Å². The number of primary sulfonamides is 1. The fourth-order valence-electron chi connectivity index (χ4n) is 3.40. The van der Waals surface area contributed by atoms with E-state index in [0.717, 1.165) is 21.7 Å². The summed E-state index contributed by atoms with van der Waals surface area (Å²) in [6, 6.07) is 13.6. The highest BCUT2D eigenvalue weighted by molar-refractivity contribution is 7.89. The summed E-state index contributed by atoms with van der Waals surface area (Å²) in [6.45, 7) is 2.59. The molecule has 0 aliphatic rings. The maximum Gasteiger partial charge on any atom is 0.435 e. The highest BCUT2D eigenvalue weighted by atomic mass is 32.2. The van der Waals surface area contributed by atoms with Gasteiger partial charge in [0.15, 0.2) is 5.69 Å². The van der Waals surface area contributed by atoms with E-state index in [1.807, 2.05) is 35.8 Å². The number of sulfonamides is 1. The van der Waals surface area contributed by atoms with E-state index in [0.29, 0.717) is 12.1 Å². The van der Waals surface area contributed by atoms with Crippen molar-refractivity contribution in [3.05, 3.63) is 66.5 Å². The molecule has 0 saturated heterocycles. The molecule has 156 valence electrons. The average Bonchev–Trinajstić information content (AvgIpc) is 3.29. The van der Waals surface area contributed by atoms with Crippen LogP contribution in [0.4, 0.5) is 13.2 Å². The van der Waals surface area contributed by atoms with Gasteiger partial charge in [0, 0.05) is 29.2 Å².